The summed E-state index contributed by atoms with van der Waals surface area (Å²) in [5.41, 5.74) is 7.39. The van der Waals surface area contributed by atoms with E-state index in [0.29, 0.717) is 13.0 Å². The van der Waals surface area contributed by atoms with Gasteiger partial charge in [-0.3, -0.25) is 4.79 Å². The summed E-state index contributed by atoms with van der Waals surface area (Å²) in [5.74, 6) is -0.817. The second-order valence-electron chi connectivity index (χ2n) is 4.66. The topological polar surface area (TPSA) is 92.4 Å². The molecule has 0 fully saturated rings. The summed E-state index contributed by atoms with van der Waals surface area (Å²) in [6.45, 7) is 3.90. The maximum Gasteiger partial charge on any atom is 0.326 e. The number of hydrogen-bond donors (Lipinski definition) is 3. The number of carboxylic acids is 1. The van der Waals surface area contributed by atoms with Gasteiger partial charge in [-0.1, -0.05) is 17.7 Å². The normalized spacial score (nSPS) is 11.0. The van der Waals surface area contributed by atoms with Crippen LogP contribution in [0, 0.1) is 6.92 Å². The number of nitrogens with two attached hydrogens (primary N) is 1. The number of benzene rings is 1. The lowest BCUT2D eigenvalue weighted by molar-refractivity contribution is -0.138. The lowest BCUT2D eigenvalue weighted by atomic mass is 10.1. The van der Waals surface area contributed by atoms with Crippen molar-refractivity contribution < 1.29 is 14.7 Å². The summed E-state index contributed by atoms with van der Waals surface area (Å²) >= 11 is 4.64. The summed E-state index contributed by atoms with van der Waals surface area (Å²) in [6.07, 6.45) is 2.28. The molecule has 0 spiro atoms. The zero-order valence-corrected chi connectivity index (χ0v) is 13.2. The van der Waals surface area contributed by atoms with Crippen molar-refractivity contribution in [1.29, 1.82) is 0 Å². The number of anilines is 1. The van der Waals surface area contributed by atoms with Gasteiger partial charge in [0.1, 0.15) is 6.04 Å². The van der Waals surface area contributed by atoms with Crippen molar-refractivity contribution in [1.82, 2.24) is 0 Å². The molecule has 4 N–H and O–H groups in total. The fraction of sp³-hybridized carbons (Fsp3) is 0.467. The quantitative estimate of drug-likeness (QED) is 0.531. The number of aliphatic carboxylic acids is 1. The lowest BCUT2D eigenvalue weighted by Crippen LogP contribution is -2.29. The molecule has 0 aliphatic rings. The third-order valence-corrected chi connectivity index (χ3v) is 2.64. The van der Waals surface area contributed by atoms with Crippen molar-refractivity contribution in [2.45, 2.75) is 39.2 Å². The van der Waals surface area contributed by atoms with Gasteiger partial charge in [-0.25, -0.2) is 4.79 Å². The van der Waals surface area contributed by atoms with Crippen molar-refractivity contribution >= 4 is 28.5 Å². The van der Waals surface area contributed by atoms with Crippen LogP contribution < -0.4 is 11.1 Å². The zero-order valence-electron chi connectivity index (χ0n) is 12.4. The fourth-order valence-corrected chi connectivity index (χ4v) is 1.60. The molecule has 1 aromatic rings. The van der Waals surface area contributed by atoms with E-state index in [4.69, 9.17) is 10.8 Å². The molecule has 1 aromatic carbocycles. The van der Waals surface area contributed by atoms with Gasteiger partial charge in [0.05, 0.1) is 0 Å². The van der Waals surface area contributed by atoms with Crippen LogP contribution in [0.15, 0.2) is 24.3 Å². The molecule has 0 saturated heterocycles. The van der Waals surface area contributed by atoms with E-state index in [1.165, 1.54) is 6.92 Å². The van der Waals surface area contributed by atoms with Gasteiger partial charge in [0.25, 0.3) is 0 Å². The summed E-state index contributed by atoms with van der Waals surface area (Å²) in [4.78, 5) is 20.3. The van der Waals surface area contributed by atoms with E-state index >= 15 is 0 Å². The molecule has 118 valence electrons. The highest BCUT2D eigenvalue weighted by atomic mass is 35.5. The highest BCUT2D eigenvalue weighted by Crippen LogP contribution is 2.13. The molecular formula is C15H23ClN2O3. The second kappa shape index (κ2) is 11.1. The van der Waals surface area contributed by atoms with Crippen LogP contribution in [-0.4, -0.2) is 28.9 Å². The number of carbonyl (C=O) groups is 2. The van der Waals surface area contributed by atoms with Crippen LogP contribution in [-0.2, 0) is 9.59 Å². The van der Waals surface area contributed by atoms with E-state index in [0.717, 1.165) is 24.1 Å². The van der Waals surface area contributed by atoms with Crippen molar-refractivity contribution in [3.05, 3.63) is 29.8 Å². The first-order valence-electron chi connectivity index (χ1n) is 6.79. The molecule has 1 rings (SSSR count). The first kappa shape index (κ1) is 19.4. The smallest absolute Gasteiger partial charge is 0.326 e. The molecule has 0 aliphatic carbocycles. The molecule has 0 amide bonds. The molecule has 0 saturated carbocycles. The van der Waals surface area contributed by atoms with E-state index in [1.54, 1.807) is 0 Å². The average molecular weight is 315 g/mol. The Hall–Kier alpha value is -1.59. The second-order valence-corrected chi connectivity index (χ2v) is 5.19. The van der Waals surface area contributed by atoms with Gasteiger partial charge in [-0.15, -0.1) is 0 Å². The Balaban J connectivity index is 0.000000885. The third-order valence-electron chi connectivity index (χ3n) is 2.64. The summed E-state index contributed by atoms with van der Waals surface area (Å²) < 4.78 is 0. The molecule has 0 heterocycles. The van der Waals surface area contributed by atoms with Crippen molar-refractivity contribution in [2.24, 2.45) is 5.73 Å². The Morgan fingerprint density at radius 2 is 1.81 bits per heavy atom. The summed E-state index contributed by atoms with van der Waals surface area (Å²) in [6, 6.07) is 7.18. The molecule has 0 aliphatic heterocycles. The van der Waals surface area contributed by atoms with E-state index in [1.807, 2.05) is 31.2 Å². The molecule has 0 radical (unpaired) electrons. The monoisotopic (exact) mass is 314 g/mol. The van der Waals surface area contributed by atoms with Gasteiger partial charge >= 0.3 is 5.97 Å². The zero-order chi connectivity index (χ0) is 16.3. The van der Waals surface area contributed by atoms with E-state index < -0.39 is 12.0 Å². The Kier molecular flexibility index (Phi) is 10.3. The van der Waals surface area contributed by atoms with Gasteiger partial charge in [0.2, 0.25) is 5.24 Å². The number of aryl methyl sites for hydroxylation is 1. The van der Waals surface area contributed by atoms with Gasteiger partial charge in [-0.05, 0) is 56.5 Å². The lowest BCUT2D eigenvalue weighted by Gasteiger charge is -2.15. The standard InChI is InChI=1S/C13H20N2O2.C2H3ClO/c1-10-5-7-11(8-6-10)15-12(13(16)17)4-2-3-9-14;1-2(3)4/h5-8,12,15H,2-4,9,14H2,1H3,(H,16,17);1H3/t12-;/m0./s1. The number of hydrogen-bond acceptors (Lipinski definition) is 4. The minimum atomic E-state index is -0.817. The van der Waals surface area contributed by atoms with Gasteiger partial charge in [-0.2, -0.15) is 0 Å². The Morgan fingerprint density at radius 1 is 1.29 bits per heavy atom. The molecule has 0 aromatic heterocycles. The molecule has 0 bridgehead atoms. The number of nitrogens with one attached hydrogen (secondary N) is 1. The van der Waals surface area contributed by atoms with Crippen LogP contribution in [0.2, 0.25) is 0 Å². The van der Waals surface area contributed by atoms with E-state index in [2.05, 4.69) is 16.9 Å². The SMILES string of the molecule is CC(=O)Cl.Cc1ccc(N[C@@H](CCCCN)C(=O)O)cc1. The van der Waals surface area contributed by atoms with E-state index in [9.17, 15) is 9.59 Å². The molecule has 6 heteroatoms. The largest absolute Gasteiger partial charge is 0.480 e. The predicted octanol–water partition coefficient (Wildman–Crippen LogP) is 2.76. The van der Waals surface area contributed by atoms with Crippen LogP contribution >= 0.6 is 11.6 Å². The van der Waals surface area contributed by atoms with Crippen LogP contribution in [0.1, 0.15) is 31.7 Å². The third kappa shape index (κ3) is 10.8. The van der Waals surface area contributed by atoms with Crippen LogP contribution in [0.5, 0.6) is 0 Å². The number of rotatable bonds is 7. The highest BCUT2D eigenvalue weighted by molar-refractivity contribution is 6.62. The Bertz CT molecular complexity index is 431. The minimum Gasteiger partial charge on any atom is -0.480 e. The predicted molar refractivity (Wildman–Crippen MR) is 85.7 cm³/mol. The first-order valence-corrected chi connectivity index (χ1v) is 7.16. The Morgan fingerprint density at radius 3 is 2.24 bits per heavy atom. The first-order chi connectivity index (χ1) is 9.86. The number of unbranched alkanes of at least 4 members (excludes halogenated alkanes) is 1. The van der Waals surface area contributed by atoms with Gasteiger partial charge in [0.15, 0.2) is 0 Å². The highest BCUT2D eigenvalue weighted by Gasteiger charge is 2.16. The van der Waals surface area contributed by atoms with Gasteiger partial charge < -0.3 is 16.2 Å². The van der Waals surface area contributed by atoms with Crippen molar-refractivity contribution in [2.75, 3.05) is 11.9 Å². The van der Waals surface area contributed by atoms with E-state index in [-0.39, 0.29) is 5.24 Å². The number of carbonyl (C=O) groups excluding carboxylic acids is 1. The molecule has 5 nitrogen and oxygen atoms in total. The minimum absolute atomic E-state index is 0.361. The molecule has 21 heavy (non-hydrogen) atoms. The molecular weight excluding hydrogens is 292 g/mol. The van der Waals surface area contributed by atoms with Crippen LogP contribution in [0.25, 0.3) is 0 Å². The van der Waals surface area contributed by atoms with Crippen LogP contribution in [0.3, 0.4) is 0 Å². The van der Waals surface area contributed by atoms with Gasteiger partial charge in [0, 0.05) is 12.6 Å². The average Bonchev–Trinajstić information content (AvgIpc) is 2.39. The summed E-state index contributed by atoms with van der Waals surface area (Å²) in [7, 11) is 0. The molecule has 1 atom stereocenters. The summed E-state index contributed by atoms with van der Waals surface area (Å²) in [5, 5.41) is 11.8. The number of carboxylic acid groups (broad SMARTS) is 1. The van der Waals surface area contributed by atoms with Crippen LogP contribution in [0.4, 0.5) is 5.69 Å². The van der Waals surface area contributed by atoms with Crippen molar-refractivity contribution in [3.63, 3.8) is 0 Å². The maximum atomic E-state index is 11.1. The van der Waals surface area contributed by atoms with Crippen molar-refractivity contribution in [3.8, 4) is 0 Å². The fourth-order valence-electron chi connectivity index (χ4n) is 1.60. The number of halogens is 1. The Labute approximate surface area is 130 Å². The maximum absolute atomic E-state index is 11.1. The molecule has 0 unspecified atom stereocenters.